The Morgan fingerprint density at radius 3 is 2.45 bits per heavy atom. The molecule has 1 unspecified atom stereocenters. The quantitative estimate of drug-likeness (QED) is 0.630. The molecule has 2 N–H and O–H groups in total. The van der Waals surface area contributed by atoms with Gasteiger partial charge < -0.3 is 20.3 Å². The zero-order valence-electron chi connectivity index (χ0n) is 17.9. The molecule has 0 radical (unpaired) electrons. The van der Waals surface area contributed by atoms with Crippen LogP contribution < -0.4 is 20.3 Å². The number of alkyl halides is 3. The number of hydrogen-bond donors (Lipinski definition) is 2. The Morgan fingerprint density at radius 2 is 1.82 bits per heavy atom. The molecule has 0 aromatic heterocycles. The van der Waals surface area contributed by atoms with Gasteiger partial charge in [0.25, 0.3) is 5.91 Å². The molecule has 0 saturated carbocycles. The molecule has 2 aromatic rings. The molecule has 1 atom stereocenters. The lowest BCUT2D eigenvalue weighted by atomic mass is 10.2. The van der Waals surface area contributed by atoms with Gasteiger partial charge in [0.15, 0.2) is 0 Å². The molecule has 1 fully saturated rings. The van der Waals surface area contributed by atoms with Crippen LogP contribution in [-0.2, 0) is 15.8 Å². The molecule has 176 valence electrons. The first-order chi connectivity index (χ1) is 15.6. The largest absolute Gasteiger partial charge is 0.491 e. The highest BCUT2D eigenvalue weighted by atomic mass is 19.4. The normalized spacial score (nSPS) is 14.7. The Bertz CT molecular complexity index is 1010. The number of rotatable bonds is 8. The summed E-state index contributed by atoms with van der Waals surface area (Å²) in [6.07, 6.45) is -3.24. The molecule has 3 amide bonds. The number of hydrogen-bond acceptors (Lipinski definition) is 4. The molecular weight excluding hydrogens is 439 g/mol. The second kappa shape index (κ2) is 10.4. The summed E-state index contributed by atoms with van der Waals surface area (Å²) in [4.78, 5) is 37.8. The van der Waals surface area contributed by atoms with E-state index >= 15 is 0 Å². The van der Waals surface area contributed by atoms with Crippen molar-refractivity contribution in [1.82, 2.24) is 10.6 Å². The van der Waals surface area contributed by atoms with Crippen molar-refractivity contribution in [3.05, 3.63) is 59.7 Å². The number of nitrogens with one attached hydrogen (secondary N) is 2. The SMILES string of the molecule is CC(COc1ccccc1C(F)(F)F)NC(=O)CNC(=O)c1ccc(N2CCCC2=O)cc1. The molecule has 0 bridgehead atoms. The Balaban J connectivity index is 1.44. The lowest BCUT2D eigenvalue weighted by molar-refractivity contribution is -0.139. The highest BCUT2D eigenvalue weighted by Crippen LogP contribution is 2.35. The van der Waals surface area contributed by atoms with E-state index in [1.807, 2.05) is 0 Å². The number of anilines is 1. The third-order valence-electron chi connectivity index (χ3n) is 5.01. The molecular formula is C23H24F3N3O4. The van der Waals surface area contributed by atoms with Gasteiger partial charge in [-0.25, -0.2) is 0 Å². The molecule has 0 aliphatic carbocycles. The minimum absolute atomic E-state index is 0.0452. The number of carbonyl (C=O) groups is 3. The first-order valence-corrected chi connectivity index (χ1v) is 10.4. The standard InChI is InChI=1S/C23H24F3N3O4/c1-15(14-33-19-6-3-2-5-18(19)23(24,25)26)28-20(30)13-27-22(32)16-8-10-17(11-9-16)29-12-4-7-21(29)31/h2-3,5-6,8-11,15H,4,7,12-14H2,1H3,(H,27,32)(H,28,30). The van der Waals surface area contributed by atoms with E-state index in [4.69, 9.17) is 4.74 Å². The average Bonchev–Trinajstić information content (AvgIpc) is 3.21. The van der Waals surface area contributed by atoms with E-state index < -0.39 is 29.6 Å². The summed E-state index contributed by atoms with van der Waals surface area (Å²) in [5.74, 6) is -1.25. The first kappa shape index (κ1) is 24.1. The minimum atomic E-state index is -4.55. The number of halogens is 3. The Kier molecular flexibility index (Phi) is 7.57. The van der Waals surface area contributed by atoms with Crippen molar-refractivity contribution < 1.29 is 32.3 Å². The third-order valence-corrected chi connectivity index (χ3v) is 5.01. The predicted molar refractivity (Wildman–Crippen MR) is 115 cm³/mol. The van der Waals surface area contributed by atoms with Gasteiger partial charge >= 0.3 is 6.18 Å². The van der Waals surface area contributed by atoms with Crippen molar-refractivity contribution in [3.8, 4) is 5.75 Å². The van der Waals surface area contributed by atoms with Gasteiger partial charge in [-0.1, -0.05) is 12.1 Å². The molecule has 1 saturated heterocycles. The number of benzene rings is 2. The summed E-state index contributed by atoms with van der Waals surface area (Å²) in [7, 11) is 0. The Hall–Kier alpha value is -3.56. The van der Waals surface area contributed by atoms with Gasteiger partial charge in [-0.3, -0.25) is 14.4 Å². The zero-order chi connectivity index (χ0) is 24.0. The van der Waals surface area contributed by atoms with Crippen LogP contribution in [0.5, 0.6) is 5.75 Å². The van der Waals surface area contributed by atoms with Crippen LogP contribution in [0.1, 0.15) is 35.7 Å². The zero-order valence-corrected chi connectivity index (χ0v) is 17.9. The van der Waals surface area contributed by atoms with Crippen molar-refractivity contribution in [2.75, 3.05) is 24.6 Å². The van der Waals surface area contributed by atoms with Crippen LogP contribution >= 0.6 is 0 Å². The summed E-state index contributed by atoms with van der Waals surface area (Å²) >= 11 is 0. The molecule has 1 heterocycles. The number of carbonyl (C=O) groups excluding carboxylic acids is 3. The summed E-state index contributed by atoms with van der Waals surface area (Å²) in [6.45, 7) is 1.74. The number of ether oxygens (including phenoxy) is 1. The highest BCUT2D eigenvalue weighted by Gasteiger charge is 2.34. The maximum atomic E-state index is 13.0. The van der Waals surface area contributed by atoms with Crippen molar-refractivity contribution in [1.29, 1.82) is 0 Å². The molecule has 2 aromatic carbocycles. The van der Waals surface area contributed by atoms with Crippen LogP contribution in [0.2, 0.25) is 0 Å². The lowest BCUT2D eigenvalue weighted by Crippen LogP contribution is -2.43. The van der Waals surface area contributed by atoms with Crippen molar-refractivity contribution in [3.63, 3.8) is 0 Å². The van der Waals surface area contributed by atoms with Gasteiger partial charge in [-0.05, 0) is 49.7 Å². The molecule has 3 rings (SSSR count). The fourth-order valence-corrected chi connectivity index (χ4v) is 3.39. The predicted octanol–water partition coefficient (Wildman–Crippen LogP) is 3.15. The fourth-order valence-electron chi connectivity index (χ4n) is 3.39. The van der Waals surface area contributed by atoms with E-state index in [1.165, 1.54) is 18.2 Å². The van der Waals surface area contributed by atoms with E-state index in [2.05, 4.69) is 10.6 Å². The number of nitrogens with zero attached hydrogens (tertiary/aromatic N) is 1. The third kappa shape index (κ3) is 6.47. The average molecular weight is 463 g/mol. The second-order valence-electron chi connectivity index (χ2n) is 7.65. The van der Waals surface area contributed by atoms with Crippen molar-refractivity contribution in [2.24, 2.45) is 0 Å². The Labute approximate surface area is 188 Å². The van der Waals surface area contributed by atoms with E-state index in [0.29, 0.717) is 24.2 Å². The summed E-state index contributed by atoms with van der Waals surface area (Å²) in [5, 5.41) is 5.05. The smallest absolute Gasteiger partial charge is 0.419 e. The van der Waals surface area contributed by atoms with Crippen molar-refractivity contribution >= 4 is 23.4 Å². The van der Waals surface area contributed by atoms with E-state index in [1.54, 1.807) is 36.1 Å². The van der Waals surface area contributed by atoms with Crippen LogP contribution in [0.4, 0.5) is 18.9 Å². The number of para-hydroxylation sites is 1. The summed E-state index contributed by atoms with van der Waals surface area (Å²) < 4.78 is 44.3. The van der Waals surface area contributed by atoms with Crippen LogP contribution in [0, 0.1) is 0 Å². The molecule has 10 heteroatoms. The number of amides is 3. The monoisotopic (exact) mass is 463 g/mol. The van der Waals surface area contributed by atoms with Gasteiger partial charge in [-0.15, -0.1) is 0 Å². The first-order valence-electron chi connectivity index (χ1n) is 10.4. The van der Waals surface area contributed by atoms with E-state index in [-0.39, 0.29) is 24.8 Å². The minimum Gasteiger partial charge on any atom is -0.491 e. The topological polar surface area (TPSA) is 87.7 Å². The van der Waals surface area contributed by atoms with Gasteiger partial charge in [0.1, 0.15) is 12.4 Å². The second-order valence-corrected chi connectivity index (χ2v) is 7.65. The molecule has 0 spiro atoms. The summed E-state index contributed by atoms with van der Waals surface area (Å²) in [5.41, 5.74) is 0.155. The molecule has 1 aliphatic heterocycles. The van der Waals surface area contributed by atoms with Crippen LogP contribution in [0.15, 0.2) is 48.5 Å². The van der Waals surface area contributed by atoms with Crippen molar-refractivity contribution in [2.45, 2.75) is 32.0 Å². The van der Waals surface area contributed by atoms with Crippen LogP contribution in [-0.4, -0.2) is 43.5 Å². The summed E-state index contributed by atoms with van der Waals surface area (Å²) in [6, 6.07) is 10.7. The van der Waals surface area contributed by atoms with Crippen LogP contribution in [0.3, 0.4) is 0 Å². The fraction of sp³-hybridized carbons (Fsp3) is 0.348. The van der Waals surface area contributed by atoms with Crippen LogP contribution in [0.25, 0.3) is 0 Å². The molecule has 33 heavy (non-hydrogen) atoms. The van der Waals surface area contributed by atoms with Gasteiger partial charge in [0.2, 0.25) is 11.8 Å². The maximum Gasteiger partial charge on any atom is 0.419 e. The molecule has 7 nitrogen and oxygen atoms in total. The van der Waals surface area contributed by atoms with E-state index in [9.17, 15) is 27.6 Å². The lowest BCUT2D eigenvalue weighted by Gasteiger charge is -2.18. The maximum absolute atomic E-state index is 13.0. The highest BCUT2D eigenvalue weighted by molar-refractivity contribution is 5.98. The van der Waals surface area contributed by atoms with Gasteiger partial charge in [0.05, 0.1) is 18.2 Å². The van der Waals surface area contributed by atoms with Gasteiger partial charge in [0, 0.05) is 24.2 Å². The van der Waals surface area contributed by atoms with E-state index in [0.717, 1.165) is 12.5 Å². The Morgan fingerprint density at radius 1 is 1.12 bits per heavy atom. The molecule has 1 aliphatic rings. The van der Waals surface area contributed by atoms with Gasteiger partial charge in [-0.2, -0.15) is 13.2 Å².